The second-order valence-corrected chi connectivity index (χ2v) is 17.9. The van der Waals surface area contributed by atoms with Crippen LogP contribution in [0, 0.1) is 11.8 Å². The summed E-state index contributed by atoms with van der Waals surface area (Å²) < 4.78 is 60.7. The van der Waals surface area contributed by atoms with Gasteiger partial charge in [0.05, 0.1) is 60.6 Å². The zero-order valence-electron chi connectivity index (χ0n) is 29.3. The number of ether oxygens (including phenoxy) is 2. The first-order chi connectivity index (χ1) is 24.8. The summed E-state index contributed by atoms with van der Waals surface area (Å²) in [5.74, 6) is 1.35. The van der Waals surface area contributed by atoms with Crippen molar-refractivity contribution in [1.82, 2.24) is 33.9 Å². The molecule has 6 rings (SSSR count). The third kappa shape index (κ3) is 8.51. The van der Waals surface area contributed by atoms with Crippen molar-refractivity contribution in [3.63, 3.8) is 0 Å². The highest BCUT2D eigenvalue weighted by Crippen LogP contribution is 2.42. The largest absolute Gasteiger partial charge is 0.480 e. The van der Waals surface area contributed by atoms with Gasteiger partial charge < -0.3 is 14.8 Å². The predicted octanol–water partition coefficient (Wildman–Crippen LogP) is 4.79. The minimum absolute atomic E-state index is 0.236. The van der Waals surface area contributed by atoms with Gasteiger partial charge in [-0.1, -0.05) is 59.6 Å². The van der Waals surface area contributed by atoms with Gasteiger partial charge in [0, 0.05) is 61.5 Å². The molecule has 2 aliphatic rings. The number of hydrogen-bond acceptors (Lipinski definition) is 11. The lowest BCUT2D eigenvalue weighted by molar-refractivity contribution is 0.188. The van der Waals surface area contributed by atoms with Crippen molar-refractivity contribution in [3.8, 4) is 45.4 Å². The van der Waals surface area contributed by atoms with Gasteiger partial charge >= 0.3 is 0 Å². The first-order valence-electron chi connectivity index (χ1n) is 16.8. The van der Waals surface area contributed by atoms with Crippen molar-refractivity contribution < 1.29 is 26.3 Å². The highest BCUT2D eigenvalue weighted by molar-refractivity contribution is 7.88. The quantitative estimate of drug-likeness (QED) is 0.177. The van der Waals surface area contributed by atoms with E-state index < -0.39 is 20.0 Å². The van der Waals surface area contributed by atoms with E-state index in [1.807, 2.05) is 36.4 Å². The highest BCUT2D eigenvalue weighted by atomic mass is 35.5. The van der Waals surface area contributed by atoms with Gasteiger partial charge in [0.2, 0.25) is 31.8 Å². The number of rotatable bonds is 15. The van der Waals surface area contributed by atoms with Crippen LogP contribution in [0.4, 0.5) is 0 Å². The second-order valence-electron chi connectivity index (χ2n) is 13.2. The fourth-order valence-corrected chi connectivity index (χ4v) is 8.98. The maximum Gasteiger partial charge on any atom is 0.237 e. The zero-order valence-corrected chi connectivity index (χ0v) is 32.5. The van der Waals surface area contributed by atoms with Gasteiger partial charge in [0.1, 0.15) is 11.4 Å². The summed E-state index contributed by atoms with van der Waals surface area (Å²) in [5.41, 5.74) is 5.14. The lowest BCUT2D eigenvalue weighted by Crippen LogP contribution is -2.52. The molecule has 0 atom stereocenters. The maximum atomic E-state index is 11.7. The number of halogens is 2. The van der Waals surface area contributed by atoms with Gasteiger partial charge in [-0.2, -0.15) is 0 Å². The minimum Gasteiger partial charge on any atom is -0.480 e. The van der Waals surface area contributed by atoms with Crippen LogP contribution >= 0.6 is 23.2 Å². The Morgan fingerprint density at radius 1 is 0.731 bits per heavy atom. The smallest absolute Gasteiger partial charge is 0.237 e. The van der Waals surface area contributed by atoms with E-state index in [-0.39, 0.29) is 5.92 Å². The molecule has 4 aromatic rings. The summed E-state index contributed by atoms with van der Waals surface area (Å²) in [5, 5.41) is 4.21. The summed E-state index contributed by atoms with van der Waals surface area (Å²) in [6, 6.07) is 11.3. The summed E-state index contributed by atoms with van der Waals surface area (Å²) in [4.78, 5) is 18.7. The van der Waals surface area contributed by atoms with Crippen LogP contribution in [0.2, 0.25) is 10.0 Å². The maximum absolute atomic E-state index is 11.7. The molecule has 52 heavy (non-hydrogen) atoms. The monoisotopic (exact) mass is 789 g/mol. The van der Waals surface area contributed by atoms with E-state index in [0.717, 1.165) is 18.5 Å². The first kappa shape index (κ1) is 38.3. The van der Waals surface area contributed by atoms with Crippen LogP contribution in [0.1, 0.15) is 24.2 Å². The van der Waals surface area contributed by atoms with Gasteiger partial charge in [-0.25, -0.2) is 35.4 Å². The van der Waals surface area contributed by atoms with Crippen LogP contribution in [0.5, 0.6) is 11.8 Å². The Morgan fingerprint density at radius 2 is 1.19 bits per heavy atom. The van der Waals surface area contributed by atoms with E-state index in [2.05, 4.69) is 15.3 Å². The van der Waals surface area contributed by atoms with Crippen LogP contribution in [-0.4, -0.2) is 105 Å². The van der Waals surface area contributed by atoms with Gasteiger partial charge in [-0.15, -0.1) is 0 Å². The number of nitrogens with one attached hydrogen (secondary N) is 1. The Morgan fingerprint density at radius 3 is 1.69 bits per heavy atom. The average molecular weight is 791 g/mol. The van der Waals surface area contributed by atoms with E-state index in [1.165, 1.54) is 28.2 Å². The number of sulfonamides is 2. The molecule has 13 nitrogen and oxygen atoms in total. The van der Waals surface area contributed by atoms with E-state index in [9.17, 15) is 16.8 Å². The third-order valence-electron chi connectivity index (χ3n) is 9.39. The Kier molecular flexibility index (Phi) is 11.7. The first-order valence-corrected chi connectivity index (χ1v) is 21.2. The molecule has 278 valence electrons. The van der Waals surface area contributed by atoms with E-state index in [4.69, 9.17) is 42.6 Å². The molecule has 0 aliphatic carbocycles. The molecule has 0 spiro atoms. The number of aryl methyl sites for hydroxylation is 1. The van der Waals surface area contributed by atoms with Crippen molar-refractivity contribution >= 4 is 43.2 Å². The molecule has 0 bridgehead atoms. The minimum atomic E-state index is -3.15. The Hall–Kier alpha value is -3.44. The normalized spacial score (nSPS) is 16.0. The molecule has 2 aromatic heterocycles. The average Bonchev–Trinajstić information content (AvgIpc) is 3.06. The molecular formula is C35H41Cl2N7O6S2. The number of aromatic nitrogens is 4. The van der Waals surface area contributed by atoms with E-state index >= 15 is 0 Å². The van der Waals surface area contributed by atoms with Crippen LogP contribution in [0.15, 0.2) is 48.8 Å². The molecule has 0 radical (unpaired) electrons. The number of hydrogen-bond donors (Lipinski definition) is 1. The topological polar surface area (TPSA) is 157 Å². The van der Waals surface area contributed by atoms with Gasteiger partial charge in [-0.05, 0) is 31.1 Å². The van der Waals surface area contributed by atoms with Crippen molar-refractivity contribution in [2.45, 2.75) is 25.8 Å². The van der Waals surface area contributed by atoms with Crippen LogP contribution in [-0.2, 0) is 33.0 Å². The lowest BCUT2D eigenvalue weighted by Gasteiger charge is -2.37. The van der Waals surface area contributed by atoms with Crippen molar-refractivity contribution in [2.75, 3.05) is 59.5 Å². The standard InChI is InChI=1S/C35H41Cl2N7O6S2/c1-49-34-28(13-5-8-22-18-43(19-22)51(3,45)46)39-16-29(41-34)26-11-6-9-24(32(26)36)25-10-7-12-27(33(25)37)30-17-40-31(35(42-30)50-2)15-38-14-23-20-44(21-23)52(4,47)48/h6-7,9-12,16-17,22-23,38H,5,8,13-15,18-21H2,1-4H3. The van der Waals surface area contributed by atoms with Gasteiger partial charge in [-0.3, -0.25) is 9.97 Å². The summed E-state index contributed by atoms with van der Waals surface area (Å²) >= 11 is 14.1. The zero-order chi connectivity index (χ0) is 37.2. The summed E-state index contributed by atoms with van der Waals surface area (Å²) in [7, 11) is -3.18. The SMILES string of the molecule is COc1nc(-c2cccc(-c3cccc(-c4cnc(CNCC5CN(S(C)(=O)=O)C5)c(OC)n4)c3Cl)c2Cl)cnc1CCCC1CN(S(C)(=O)=O)C1. The van der Waals surface area contributed by atoms with E-state index in [0.29, 0.717) is 113 Å². The Bertz CT molecular complexity index is 2010. The predicted molar refractivity (Wildman–Crippen MR) is 202 cm³/mol. The molecule has 1 N–H and O–H groups in total. The molecule has 2 saturated heterocycles. The van der Waals surface area contributed by atoms with E-state index in [1.54, 1.807) is 19.5 Å². The van der Waals surface area contributed by atoms with Crippen molar-refractivity contribution in [1.29, 1.82) is 0 Å². The van der Waals surface area contributed by atoms with Crippen molar-refractivity contribution in [3.05, 3.63) is 70.2 Å². The molecule has 2 aromatic carbocycles. The number of benzene rings is 2. The number of methoxy groups -OCH3 is 2. The Balaban J connectivity index is 1.15. The fourth-order valence-electron chi connectivity index (χ4n) is 6.40. The molecule has 4 heterocycles. The molecule has 2 fully saturated rings. The second kappa shape index (κ2) is 15.9. The molecule has 17 heteroatoms. The fraction of sp³-hybridized carbons (Fsp3) is 0.429. The van der Waals surface area contributed by atoms with Crippen LogP contribution < -0.4 is 14.8 Å². The summed E-state index contributed by atoms with van der Waals surface area (Å²) in [6.07, 6.45) is 8.18. The highest BCUT2D eigenvalue weighted by Gasteiger charge is 2.33. The molecule has 0 saturated carbocycles. The van der Waals surface area contributed by atoms with Gasteiger partial charge in [0.15, 0.2) is 0 Å². The van der Waals surface area contributed by atoms with Crippen molar-refractivity contribution in [2.24, 2.45) is 11.8 Å². The van der Waals surface area contributed by atoms with Crippen LogP contribution in [0.3, 0.4) is 0 Å². The van der Waals surface area contributed by atoms with Gasteiger partial charge in [0.25, 0.3) is 0 Å². The number of nitrogens with zero attached hydrogens (tertiary/aromatic N) is 6. The molecular weight excluding hydrogens is 749 g/mol. The molecule has 0 unspecified atom stereocenters. The van der Waals surface area contributed by atoms with Crippen LogP contribution in [0.25, 0.3) is 33.6 Å². The summed E-state index contributed by atoms with van der Waals surface area (Å²) in [6.45, 7) is 3.18. The molecule has 0 amide bonds. The third-order valence-corrected chi connectivity index (χ3v) is 12.7. The molecule has 2 aliphatic heterocycles. The Labute approximate surface area is 314 Å². The lowest BCUT2D eigenvalue weighted by atomic mass is 9.96.